The number of hydrogen-bond donors (Lipinski definition) is 2. The highest BCUT2D eigenvalue weighted by Gasteiger charge is 2.18. The van der Waals surface area contributed by atoms with Crippen LogP contribution in [0.1, 0.15) is 17.3 Å². The van der Waals surface area contributed by atoms with Gasteiger partial charge in [-0.2, -0.15) is 0 Å². The van der Waals surface area contributed by atoms with Gasteiger partial charge in [0.1, 0.15) is 0 Å². The highest BCUT2D eigenvalue weighted by molar-refractivity contribution is 6.00. The van der Waals surface area contributed by atoms with Crippen LogP contribution in [-0.4, -0.2) is 49.7 Å². The van der Waals surface area contributed by atoms with E-state index in [1.54, 1.807) is 26.1 Å². The molecule has 1 unspecified atom stereocenters. The van der Waals surface area contributed by atoms with Crippen molar-refractivity contribution in [2.45, 2.75) is 13.0 Å². The van der Waals surface area contributed by atoms with Gasteiger partial charge in [0.25, 0.3) is 5.91 Å². The molecular weight excluding hydrogens is 230 g/mol. The Kier molecular flexibility index (Phi) is 4.55. The Morgan fingerprint density at radius 3 is 2.50 bits per heavy atom. The standard InChI is InChI=1S/C13H21N3O2/c1-9(17)8-16(4)13(18)11-7-10(14)5-6-12(11)15(2)3/h5-7,9,17H,8,14H2,1-4H3. The molecule has 0 aromatic heterocycles. The summed E-state index contributed by atoms with van der Waals surface area (Å²) >= 11 is 0. The predicted octanol–water partition coefficient (Wildman–Crippen LogP) is 0.788. The van der Waals surface area contributed by atoms with E-state index in [4.69, 9.17) is 5.73 Å². The summed E-state index contributed by atoms with van der Waals surface area (Å²) in [5.74, 6) is -0.146. The van der Waals surface area contributed by atoms with Gasteiger partial charge in [0.05, 0.1) is 11.7 Å². The molecule has 0 fully saturated rings. The average Bonchev–Trinajstić information content (AvgIpc) is 2.26. The number of rotatable bonds is 4. The van der Waals surface area contributed by atoms with Gasteiger partial charge in [-0.25, -0.2) is 0 Å². The van der Waals surface area contributed by atoms with Crippen LogP contribution in [0.25, 0.3) is 0 Å². The van der Waals surface area contributed by atoms with E-state index >= 15 is 0 Å². The molecule has 0 saturated heterocycles. The molecule has 1 atom stereocenters. The fourth-order valence-electron chi connectivity index (χ4n) is 1.80. The van der Waals surface area contributed by atoms with Crippen molar-refractivity contribution in [3.8, 4) is 0 Å². The first-order valence-electron chi connectivity index (χ1n) is 5.83. The minimum atomic E-state index is -0.553. The number of likely N-dealkylation sites (N-methyl/N-ethyl adjacent to an activating group) is 1. The Bertz CT molecular complexity index is 430. The van der Waals surface area contributed by atoms with E-state index < -0.39 is 6.10 Å². The molecule has 0 aliphatic heterocycles. The number of carbonyl (C=O) groups is 1. The van der Waals surface area contributed by atoms with E-state index in [9.17, 15) is 9.90 Å². The molecule has 3 N–H and O–H groups in total. The van der Waals surface area contributed by atoms with Crippen molar-refractivity contribution in [3.63, 3.8) is 0 Å². The normalized spacial score (nSPS) is 12.1. The molecule has 1 rings (SSSR count). The average molecular weight is 251 g/mol. The van der Waals surface area contributed by atoms with Crippen LogP contribution in [0.5, 0.6) is 0 Å². The number of nitrogens with two attached hydrogens (primary N) is 1. The van der Waals surface area contributed by atoms with Crippen LogP contribution in [0.2, 0.25) is 0 Å². The minimum Gasteiger partial charge on any atom is -0.399 e. The number of carbonyl (C=O) groups excluding carboxylic acids is 1. The van der Waals surface area contributed by atoms with Crippen LogP contribution in [0.15, 0.2) is 18.2 Å². The van der Waals surface area contributed by atoms with E-state index in [-0.39, 0.29) is 5.91 Å². The number of amides is 1. The van der Waals surface area contributed by atoms with E-state index in [1.807, 2.05) is 25.1 Å². The second-order valence-corrected chi connectivity index (χ2v) is 4.71. The maximum Gasteiger partial charge on any atom is 0.255 e. The third-order valence-electron chi connectivity index (χ3n) is 2.62. The Morgan fingerprint density at radius 2 is 2.00 bits per heavy atom. The first-order chi connectivity index (χ1) is 8.32. The number of aliphatic hydroxyl groups is 1. The molecule has 18 heavy (non-hydrogen) atoms. The van der Waals surface area contributed by atoms with E-state index in [2.05, 4.69) is 0 Å². The zero-order chi connectivity index (χ0) is 13.9. The van der Waals surface area contributed by atoms with E-state index in [0.29, 0.717) is 17.8 Å². The van der Waals surface area contributed by atoms with Crippen LogP contribution >= 0.6 is 0 Å². The van der Waals surface area contributed by atoms with Gasteiger partial charge in [0.2, 0.25) is 0 Å². The molecule has 0 aliphatic rings. The van der Waals surface area contributed by atoms with Gasteiger partial charge >= 0.3 is 0 Å². The van der Waals surface area contributed by atoms with Gasteiger partial charge in [-0.3, -0.25) is 4.79 Å². The summed E-state index contributed by atoms with van der Waals surface area (Å²) < 4.78 is 0. The van der Waals surface area contributed by atoms with Gasteiger partial charge in [0, 0.05) is 39.1 Å². The van der Waals surface area contributed by atoms with Crippen molar-refractivity contribution in [1.29, 1.82) is 0 Å². The number of hydrogen-bond acceptors (Lipinski definition) is 4. The molecule has 1 amide bonds. The maximum absolute atomic E-state index is 12.3. The zero-order valence-electron chi connectivity index (χ0n) is 11.3. The van der Waals surface area contributed by atoms with Gasteiger partial charge in [-0.15, -0.1) is 0 Å². The topological polar surface area (TPSA) is 69.8 Å². The summed E-state index contributed by atoms with van der Waals surface area (Å²) in [5.41, 5.74) is 7.63. The third-order valence-corrected chi connectivity index (χ3v) is 2.62. The molecule has 0 heterocycles. The van der Waals surface area contributed by atoms with E-state index in [1.165, 1.54) is 4.90 Å². The summed E-state index contributed by atoms with van der Waals surface area (Å²) in [6, 6.07) is 5.25. The molecule has 1 aromatic rings. The monoisotopic (exact) mass is 251 g/mol. The highest BCUT2D eigenvalue weighted by atomic mass is 16.3. The van der Waals surface area contributed by atoms with Crippen molar-refractivity contribution >= 4 is 17.3 Å². The van der Waals surface area contributed by atoms with Gasteiger partial charge in [-0.1, -0.05) is 0 Å². The lowest BCUT2D eigenvalue weighted by Crippen LogP contribution is -2.34. The molecule has 1 aromatic carbocycles. The van der Waals surface area contributed by atoms with Gasteiger partial charge < -0.3 is 20.6 Å². The summed E-state index contributed by atoms with van der Waals surface area (Å²) in [7, 11) is 5.41. The quantitative estimate of drug-likeness (QED) is 0.776. The molecule has 5 heteroatoms. The third kappa shape index (κ3) is 3.37. The maximum atomic E-state index is 12.3. The lowest BCUT2D eigenvalue weighted by atomic mass is 10.1. The van der Waals surface area contributed by atoms with E-state index in [0.717, 1.165) is 5.69 Å². The fraction of sp³-hybridized carbons (Fsp3) is 0.462. The first kappa shape index (κ1) is 14.3. The van der Waals surface area contributed by atoms with Crippen molar-refractivity contribution in [2.75, 3.05) is 38.3 Å². The van der Waals surface area contributed by atoms with Crippen molar-refractivity contribution in [2.24, 2.45) is 0 Å². The lowest BCUT2D eigenvalue weighted by Gasteiger charge is -2.23. The molecule has 5 nitrogen and oxygen atoms in total. The van der Waals surface area contributed by atoms with Crippen molar-refractivity contribution in [3.05, 3.63) is 23.8 Å². The van der Waals surface area contributed by atoms with Crippen molar-refractivity contribution in [1.82, 2.24) is 4.90 Å². The zero-order valence-corrected chi connectivity index (χ0v) is 11.3. The molecular formula is C13H21N3O2. The number of benzene rings is 1. The summed E-state index contributed by atoms with van der Waals surface area (Å²) in [5, 5.41) is 9.32. The lowest BCUT2D eigenvalue weighted by molar-refractivity contribution is 0.0704. The number of anilines is 2. The summed E-state index contributed by atoms with van der Waals surface area (Å²) in [6.45, 7) is 1.94. The Balaban J connectivity index is 3.07. The molecule has 100 valence electrons. The second-order valence-electron chi connectivity index (χ2n) is 4.71. The Morgan fingerprint density at radius 1 is 1.39 bits per heavy atom. The smallest absolute Gasteiger partial charge is 0.255 e. The predicted molar refractivity (Wildman–Crippen MR) is 73.8 cm³/mol. The molecule has 0 bridgehead atoms. The highest BCUT2D eigenvalue weighted by Crippen LogP contribution is 2.22. The number of nitrogens with zero attached hydrogens (tertiary/aromatic N) is 2. The van der Waals surface area contributed by atoms with Crippen LogP contribution in [0.3, 0.4) is 0 Å². The molecule has 0 saturated carbocycles. The number of aliphatic hydroxyl groups excluding tert-OH is 1. The van der Waals surface area contributed by atoms with Gasteiger partial charge in [-0.05, 0) is 25.1 Å². The fourth-order valence-corrected chi connectivity index (χ4v) is 1.80. The summed E-state index contributed by atoms with van der Waals surface area (Å²) in [4.78, 5) is 15.6. The molecule has 0 aliphatic carbocycles. The Labute approximate surface area is 108 Å². The van der Waals surface area contributed by atoms with Crippen LogP contribution in [0, 0.1) is 0 Å². The summed E-state index contributed by atoms with van der Waals surface area (Å²) in [6.07, 6.45) is -0.553. The van der Waals surface area contributed by atoms with Gasteiger partial charge in [0.15, 0.2) is 0 Å². The van der Waals surface area contributed by atoms with Crippen LogP contribution < -0.4 is 10.6 Å². The SMILES string of the molecule is CC(O)CN(C)C(=O)c1cc(N)ccc1N(C)C. The van der Waals surface area contributed by atoms with Crippen LogP contribution in [0.4, 0.5) is 11.4 Å². The molecule has 0 spiro atoms. The second kappa shape index (κ2) is 5.73. The van der Waals surface area contributed by atoms with Crippen LogP contribution in [-0.2, 0) is 0 Å². The minimum absolute atomic E-state index is 0.146. The largest absolute Gasteiger partial charge is 0.399 e. The molecule has 0 radical (unpaired) electrons. The van der Waals surface area contributed by atoms with Crippen molar-refractivity contribution < 1.29 is 9.90 Å². The Hall–Kier alpha value is -1.75. The first-order valence-corrected chi connectivity index (χ1v) is 5.83. The number of nitrogen functional groups attached to an aromatic ring is 1.